The number of hydrogen-bond donors (Lipinski definition) is 1. The van der Waals surface area contributed by atoms with E-state index < -0.39 is 17.2 Å². The lowest BCUT2D eigenvalue weighted by Gasteiger charge is -2.24. The second-order valence-electron chi connectivity index (χ2n) is 7.61. The molecule has 1 amide bonds. The number of amides is 1. The van der Waals surface area contributed by atoms with Gasteiger partial charge in [-0.15, -0.1) is 0 Å². The number of nitrogens with one attached hydrogen (secondary N) is 1. The van der Waals surface area contributed by atoms with E-state index in [1.165, 1.54) is 46.1 Å². The zero-order chi connectivity index (χ0) is 23.3. The van der Waals surface area contributed by atoms with Crippen molar-refractivity contribution in [3.05, 3.63) is 81.5 Å². The highest BCUT2D eigenvalue weighted by Crippen LogP contribution is 2.29. The second-order valence-corrected chi connectivity index (χ2v) is 7.61. The summed E-state index contributed by atoms with van der Waals surface area (Å²) in [7, 11) is 0. The van der Waals surface area contributed by atoms with E-state index in [1.807, 2.05) is 13.8 Å². The summed E-state index contributed by atoms with van der Waals surface area (Å²) >= 11 is 0. The van der Waals surface area contributed by atoms with Crippen molar-refractivity contribution in [2.75, 3.05) is 6.54 Å². The van der Waals surface area contributed by atoms with E-state index >= 15 is 0 Å². The highest BCUT2D eigenvalue weighted by Gasteiger charge is 2.26. The van der Waals surface area contributed by atoms with E-state index in [9.17, 15) is 23.2 Å². The van der Waals surface area contributed by atoms with Gasteiger partial charge in [-0.25, -0.2) is 8.78 Å². The van der Waals surface area contributed by atoms with Gasteiger partial charge in [-0.3, -0.25) is 14.4 Å². The van der Waals surface area contributed by atoms with Crippen molar-refractivity contribution >= 4 is 11.7 Å². The van der Waals surface area contributed by atoms with Gasteiger partial charge in [0.2, 0.25) is 5.91 Å². The first-order chi connectivity index (χ1) is 15.4. The molecule has 2 aliphatic rings. The number of hydrogen-bond acceptors (Lipinski definition) is 4. The monoisotopic (exact) mass is 443 g/mol. The molecule has 0 unspecified atom stereocenters. The molecule has 2 heterocycles. The number of halogens is 2. The summed E-state index contributed by atoms with van der Waals surface area (Å²) in [6.07, 6.45) is 7.14. The molecule has 0 atom stereocenters. The molecule has 8 heteroatoms. The Bertz CT molecular complexity index is 1090. The van der Waals surface area contributed by atoms with Crippen LogP contribution in [0.3, 0.4) is 0 Å². The lowest BCUT2D eigenvalue weighted by molar-refractivity contribution is -0.128. The molecule has 0 saturated heterocycles. The number of pyridine rings is 1. The Morgan fingerprint density at radius 1 is 1.03 bits per heavy atom. The van der Waals surface area contributed by atoms with Crippen LogP contribution in [0.4, 0.5) is 8.78 Å². The van der Waals surface area contributed by atoms with Gasteiger partial charge < -0.3 is 14.8 Å². The molecule has 1 fully saturated rings. The summed E-state index contributed by atoms with van der Waals surface area (Å²) in [6.45, 7) is 3.81. The fraction of sp³-hybridized carbons (Fsp3) is 0.375. The van der Waals surface area contributed by atoms with Gasteiger partial charge in [0.15, 0.2) is 17.4 Å². The van der Waals surface area contributed by atoms with Gasteiger partial charge in [-0.1, -0.05) is 32.4 Å². The molecule has 1 aliphatic heterocycles. The molecule has 170 valence electrons. The molecule has 2 aromatic rings. The molecule has 1 saturated carbocycles. The van der Waals surface area contributed by atoms with Gasteiger partial charge in [0.1, 0.15) is 0 Å². The Morgan fingerprint density at radius 2 is 1.69 bits per heavy atom. The van der Waals surface area contributed by atoms with Crippen LogP contribution in [-0.4, -0.2) is 27.7 Å². The molecule has 1 aromatic carbocycles. The van der Waals surface area contributed by atoms with Crippen LogP contribution in [0, 0.1) is 17.6 Å². The van der Waals surface area contributed by atoms with Crippen LogP contribution in [0.5, 0.6) is 0 Å². The maximum atomic E-state index is 14.7. The minimum Gasteiger partial charge on any atom is -0.381 e. The van der Waals surface area contributed by atoms with Crippen molar-refractivity contribution in [1.82, 2.24) is 14.8 Å². The van der Waals surface area contributed by atoms with E-state index in [0.29, 0.717) is 5.56 Å². The smallest absolute Gasteiger partial charge is 0.250 e. The molecule has 0 radical (unpaired) electrons. The quantitative estimate of drug-likeness (QED) is 0.693. The summed E-state index contributed by atoms with van der Waals surface area (Å²) in [5.74, 6) is -2.42. The van der Waals surface area contributed by atoms with Gasteiger partial charge >= 0.3 is 0 Å². The Morgan fingerprint density at radius 3 is 2.28 bits per heavy atom. The molecular formula is C24H27F2N3O3. The molecule has 1 aliphatic carbocycles. The predicted molar refractivity (Wildman–Crippen MR) is 117 cm³/mol. The second kappa shape index (κ2) is 10.3. The lowest BCUT2D eigenvalue weighted by atomic mass is 9.80. The molecule has 1 N–H and O–H groups in total. The van der Waals surface area contributed by atoms with Crippen LogP contribution in [0.25, 0.3) is 0 Å². The van der Waals surface area contributed by atoms with Gasteiger partial charge in [0, 0.05) is 47.3 Å². The summed E-state index contributed by atoms with van der Waals surface area (Å²) in [4.78, 5) is 37.8. The maximum absolute atomic E-state index is 14.7. The van der Waals surface area contributed by atoms with Crippen LogP contribution in [0.2, 0.25) is 0 Å². The molecule has 1 aromatic heterocycles. The minimum atomic E-state index is -1.07. The molecule has 4 rings (SSSR count). The first-order valence-electron chi connectivity index (χ1n) is 10.8. The van der Waals surface area contributed by atoms with Crippen LogP contribution in [0.1, 0.15) is 54.6 Å². The zero-order valence-electron chi connectivity index (χ0n) is 18.2. The lowest BCUT2D eigenvalue weighted by Crippen LogP contribution is -2.37. The van der Waals surface area contributed by atoms with Crippen LogP contribution >= 0.6 is 0 Å². The summed E-state index contributed by atoms with van der Waals surface area (Å²) in [6, 6.07) is 5.57. The molecular weight excluding hydrogens is 416 g/mol. The number of carbonyl (C=O) groups is 2. The zero-order valence-corrected chi connectivity index (χ0v) is 18.2. The van der Waals surface area contributed by atoms with E-state index in [1.54, 1.807) is 6.20 Å². The number of carbonyl (C=O) groups excluding carboxylic acids is 2. The van der Waals surface area contributed by atoms with E-state index in [0.717, 1.165) is 19.3 Å². The Labute approximate surface area is 185 Å². The summed E-state index contributed by atoms with van der Waals surface area (Å²) < 4.78 is 30.5. The molecule has 0 bridgehead atoms. The number of nitrogens with zero attached hydrogens (tertiary/aromatic N) is 2. The van der Waals surface area contributed by atoms with Crippen LogP contribution < -0.4 is 10.9 Å². The number of benzene rings is 1. The highest BCUT2D eigenvalue weighted by atomic mass is 19.2. The topological polar surface area (TPSA) is 71.4 Å². The SMILES string of the molecule is CC.O=C(c1ccc(=O)n(Cc2ccc(CN3C=CNCC3=O)c(F)c2F)c1)C1CCC1. The van der Waals surface area contributed by atoms with E-state index in [2.05, 4.69) is 5.32 Å². The van der Waals surface area contributed by atoms with Crippen molar-refractivity contribution in [2.24, 2.45) is 5.92 Å². The van der Waals surface area contributed by atoms with Crippen LogP contribution in [-0.2, 0) is 17.9 Å². The first kappa shape index (κ1) is 23.4. The number of rotatable bonds is 6. The van der Waals surface area contributed by atoms with E-state index in [-0.39, 0.29) is 48.4 Å². The number of Topliss-reactive ketones (excluding diaryl/α,β-unsaturated/α-hetero) is 1. The van der Waals surface area contributed by atoms with Gasteiger partial charge in [0.05, 0.1) is 19.6 Å². The van der Waals surface area contributed by atoms with Crippen LogP contribution in [0.15, 0.2) is 47.7 Å². The molecule has 32 heavy (non-hydrogen) atoms. The number of aromatic nitrogens is 1. The van der Waals surface area contributed by atoms with Gasteiger partial charge in [0.25, 0.3) is 5.56 Å². The van der Waals surface area contributed by atoms with E-state index in [4.69, 9.17) is 0 Å². The Hall–Kier alpha value is -3.29. The standard InChI is InChI=1S/C22H21F2N3O3.C2H6/c23-20-15(11-26-9-8-25-10-19(26)29)4-5-16(21(20)24)12-27-13-17(6-7-18(27)28)22(30)14-2-1-3-14;1-2/h4-9,13-14,25H,1-3,10-12H2;1-2H3. The molecule has 6 nitrogen and oxygen atoms in total. The average Bonchev–Trinajstić information content (AvgIpc) is 2.76. The first-order valence-corrected chi connectivity index (χ1v) is 10.8. The van der Waals surface area contributed by atoms with Crippen molar-refractivity contribution in [2.45, 2.75) is 46.2 Å². The Balaban J connectivity index is 0.00000141. The van der Waals surface area contributed by atoms with Gasteiger partial charge in [-0.2, -0.15) is 0 Å². The van der Waals surface area contributed by atoms with Crippen molar-refractivity contribution in [3.8, 4) is 0 Å². The van der Waals surface area contributed by atoms with Crippen molar-refractivity contribution in [1.29, 1.82) is 0 Å². The summed E-state index contributed by atoms with van der Waals surface area (Å²) in [5.41, 5.74) is 0.0348. The molecule has 0 spiro atoms. The fourth-order valence-electron chi connectivity index (χ4n) is 3.56. The van der Waals surface area contributed by atoms with Crippen molar-refractivity contribution < 1.29 is 18.4 Å². The Kier molecular flexibility index (Phi) is 7.56. The predicted octanol–water partition coefficient (Wildman–Crippen LogP) is 3.59. The number of ketones is 1. The third-order valence-electron chi connectivity index (χ3n) is 5.61. The van der Waals surface area contributed by atoms with Gasteiger partial charge in [-0.05, 0) is 18.9 Å². The fourth-order valence-corrected chi connectivity index (χ4v) is 3.56. The third-order valence-corrected chi connectivity index (χ3v) is 5.61. The largest absolute Gasteiger partial charge is 0.381 e. The maximum Gasteiger partial charge on any atom is 0.250 e. The summed E-state index contributed by atoms with van der Waals surface area (Å²) in [5, 5.41) is 2.75. The average molecular weight is 443 g/mol. The highest BCUT2D eigenvalue weighted by molar-refractivity contribution is 5.98. The normalized spacial score (nSPS) is 15.5. The third kappa shape index (κ3) is 4.95. The minimum absolute atomic E-state index is 0.00577. The van der Waals surface area contributed by atoms with Crippen molar-refractivity contribution in [3.63, 3.8) is 0 Å².